The zero-order chi connectivity index (χ0) is 36.2. The number of hydrogen-bond donors (Lipinski definition) is 2. The van der Waals surface area contributed by atoms with Gasteiger partial charge in [-0.3, -0.25) is 23.5 Å². The van der Waals surface area contributed by atoms with Crippen LogP contribution in [0.2, 0.25) is 5.02 Å². The molecule has 264 valence electrons. The van der Waals surface area contributed by atoms with Crippen LogP contribution in [0, 0.1) is 11.6 Å². The predicted octanol–water partition coefficient (Wildman–Crippen LogP) is 7.09. The minimum Gasteiger partial charge on any atom is -0.344 e. The van der Waals surface area contributed by atoms with E-state index in [1.165, 1.54) is 39.5 Å². The molecule has 0 saturated heterocycles. The third-order valence-electron chi connectivity index (χ3n) is 8.56. The van der Waals surface area contributed by atoms with Crippen LogP contribution in [0.15, 0.2) is 65.6 Å². The number of alkyl halides is 3. The molecule has 3 heterocycles. The molecule has 0 aliphatic heterocycles. The maximum absolute atomic E-state index is 14.6. The van der Waals surface area contributed by atoms with Crippen molar-refractivity contribution in [3.05, 3.63) is 110 Å². The molecule has 0 radical (unpaired) electrons. The molecule has 1 saturated carbocycles. The molecule has 0 spiro atoms. The van der Waals surface area contributed by atoms with E-state index >= 15 is 0 Å². The van der Waals surface area contributed by atoms with Gasteiger partial charge in [0.2, 0.25) is 5.91 Å². The van der Waals surface area contributed by atoms with E-state index in [1.54, 1.807) is 19.5 Å². The fourth-order valence-electron chi connectivity index (χ4n) is 6.28. The normalized spacial score (nSPS) is 14.0. The van der Waals surface area contributed by atoms with Crippen molar-refractivity contribution >= 4 is 57.1 Å². The summed E-state index contributed by atoms with van der Waals surface area (Å²) in [6.45, 7) is -0.257. The maximum Gasteiger partial charge on any atom is 0.417 e. The average Bonchev–Trinajstić information content (AvgIpc) is 3.72. The second-order valence-corrected chi connectivity index (χ2v) is 13.2. The van der Waals surface area contributed by atoms with E-state index in [9.17, 15) is 31.5 Å². The number of fused-ring (bicyclic) bond motifs is 2. The summed E-state index contributed by atoms with van der Waals surface area (Å²) in [7, 11) is 1.57. The Kier molecular flexibility index (Phi) is 8.99. The van der Waals surface area contributed by atoms with E-state index in [2.05, 4.69) is 25.2 Å². The number of aromatic nitrogens is 6. The van der Waals surface area contributed by atoms with Gasteiger partial charge in [0.1, 0.15) is 24.0 Å². The van der Waals surface area contributed by atoms with E-state index in [0.717, 1.165) is 47.4 Å². The van der Waals surface area contributed by atoms with Crippen LogP contribution in [0.4, 0.5) is 27.8 Å². The maximum atomic E-state index is 14.6. The average molecular weight is 743 g/mol. The Hall–Kier alpha value is -4.96. The van der Waals surface area contributed by atoms with E-state index < -0.39 is 46.3 Å². The van der Waals surface area contributed by atoms with E-state index in [1.807, 2.05) is 6.07 Å². The van der Waals surface area contributed by atoms with Crippen LogP contribution in [0.25, 0.3) is 27.5 Å². The third kappa shape index (κ3) is 6.77. The van der Waals surface area contributed by atoms with Gasteiger partial charge in [-0.2, -0.15) is 23.4 Å². The number of aryl methyl sites for hydroxylation is 1. The molecule has 1 aliphatic carbocycles. The first-order valence-corrected chi connectivity index (χ1v) is 17.3. The second kappa shape index (κ2) is 13.3. The van der Waals surface area contributed by atoms with Crippen LogP contribution < -0.4 is 15.6 Å². The Bertz CT molecular complexity index is 2370. The van der Waals surface area contributed by atoms with Crippen LogP contribution >= 0.6 is 23.5 Å². The standard InChI is InChI=1S/C34H28ClF5N8O2S/c1-46-30-26(9-8-22(35)29(30)31(44-46)45-51-2)48-32(42-24-5-3-4-21(34(38,39)40)28(24)33(48)50)25(14-17-12-19(36)15-20(37)13-17)41-27(49)16-47-11-10-23(43-47)18-6-7-18/h3-5,8-13,15,18,25H,6-7,14,16H2,1-2H3,(H,41,49)(H,44,45). The topological polar surface area (TPSA) is 112 Å². The molecule has 1 aliphatic rings. The van der Waals surface area contributed by atoms with Gasteiger partial charge in [-0.1, -0.05) is 29.6 Å². The van der Waals surface area contributed by atoms with Crippen molar-refractivity contribution < 1.29 is 26.7 Å². The van der Waals surface area contributed by atoms with Crippen molar-refractivity contribution in [3.8, 4) is 5.69 Å². The molecule has 6 aromatic rings. The summed E-state index contributed by atoms with van der Waals surface area (Å²) in [5.41, 5.74) is -1.36. The molecule has 1 amide bonds. The van der Waals surface area contributed by atoms with Crippen molar-refractivity contribution in [1.82, 2.24) is 34.4 Å². The monoisotopic (exact) mass is 742 g/mol. The fraction of sp³-hybridized carbons (Fsp3) is 0.265. The van der Waals surface area contributed by atoms with Crippen LogP contribution in [0.5, 0.6) is 0 Å². The van der Waals surface area contributed by atoms with E-state index in [0.29, 0.717) is 23.2 Å². The first-order valence-electron chi connectivity index (χ1n) is 15.7. The van der Waals surface area contributed by atoms with E-state index in [4.69, 9.17) is 11.6 Å². The van der Waals surface area contributed by atoms with Crippen molar-refractivity contribution in [1.29, 1.82) is 0 Å². The van der Waals surface area contributed by atoms with Gasteiger partial charge in [0.05, 0.1) is 49.8 Å². The van der Waals surface area contributed by atoms with Crippen LogP contribution in [-0.4, -0.2) is 41.3 Å². The Balaban J connectivity index is 1.47. The number of rotatable bonds is 10. The minimum absolute atomic E-state index is 0.0516. The van der Waals surface area contributed by atoms with Crippen molar-refractivity contribution in [2.75, 3.05) is 11.0 Å². The molecule has 2 N–H and O–H groups in total. The van der Waals surface area contributed by atoms with Gasteiger partial charge in [-0.15, -0.1) is 0 Å². The number of carbonyl (C=O) groups excluding carboxylic acids is 1. The molecule has 3 aromatic heterocycles. The highest BCUT2D eigenvalue weighted by molar-refractivity contribution is 7.99. The minimum atomic E-state index is -4.92. The van der Waals surface area contributed by atoms with Crippen LogP contribution in [-0.2, 0) is 31.0 Å². The second-order valence-electron chi connectivity index (χ2n) is 12.2. The molecule has 1 fully saturated rings. The fourth-order valence-corrected chi connectivity index (χ4v) is 6.86. The van der Waals surface area contributed by atoms with Gasteiger partial charge in [0.15, 0.2) is 5.82 Å². The van der Waals surface area contributed by atoms with E-state index in [-0.39, 0.29) is 46.1 Å². The molecule has 51 heavy (non-hydrogen) atoms. The Labute approximate surface area is 295 Å². The van der Waals surface area contributed by atoms with Gasteiger partial charge >= 0.3 is 6.18 Å². The highest BCUT2D eigenvalue weighted by Crippen LogP contribution is 2.39. The SMILES string of the molecule is CSNc1nn(C)c2c(-n3c(C(Cc4cc(F)cc(F)c4)NC(=O)Cn4ccc(C5CC5)n4)nc4cccc(C(F)(F)F)c4c3=O)ccc(Cl)c12. The number of amides is 1. The molecule has 17 heteroatoms. The number of nitrogens with one attached hydrogen (secondary N) is 2. The molecule has 7 rings (SSSR count). The zero-order valence-corrected chi connectivity index (χ0v) is 28.5. The molecule has 1 unspecified atom stereocenters. The Morgan fingerprint density at radius 1 is 1.06 bits per heavy atom. The lowest BCUT2D eigenvalue weighted by Crippen LogP contribution is -2.37. The number of halogens is 6. The molecular weight excluding hydrogens is 715 g/mol. The molecule has 1 atom stereocenters. The van der Waals surface area contributed by atoms with Crippen molar-refractivity contribution in [2.24, 2.45) is 7.05 Å². The highest BCUT2D eigenvalue weighted by atomic mass is 35.5. The third-order valence-corrected chi connectivity index (χ3v) is 9.27. The van der Waals surface area contributed by atoms with Crippen LogP contribution in [0.3, 0.4) is 0 Å². The Morgan fingerprint density at radius 2 is 1.80 bits per heavy atom. The largest absolute Gasteiger partial charge is 0.417 e. The lowest BCUT2D eigenvalue weighted by Gasteiger charge is -2.24. The number of nitrogens with zero attached hydrogens (tertiary/aromatic N) is 6. The summed E-state index contributed by atoms with van der Waals surface area (Å²) >= 11 is 7.83. The number of hydrogen-bond acceptors (Lipinski definition) is 7. The molecular formula is C34H28ClF5N8O2S. The summed E-state index contributed by atoms with van der Waals surface area (Å²) in [5, 5.41) is 11.7. The summed E-state index contributed by atoms with van der Waals surface area (Å²) in [5.74, 6) is -1.91. The summed E-state index contributed by atoms with van der Waals surface area (Å²) in [4.78, 5) is 32.8. The van der Waals surface area contributed by atoms with Gasteiger partial charge in [0.25, 0.3) is 5.56 Å². The number of benzene rings is 3. The quantitative estimate of drug-likeness (QED) is 0.114. The number of anilines is 1. The van der Waals surface area contributed by atoms with Crippen molar-refractivity contribution in [3.63, 3.8) is 0 Å². The lowest BCUT2D eigenvalue weighted by molar-refractivity contribution is -0.136. The van der Waals surface area contributed by atoms with Crippen molar-refractivity contribution in [2.45, 2.75) is 43.9 Å². The van der Waals surface area contributed by atoms with Gasteiger partial charge in [0, 0.05) is 37.9 Å². The van der Waals surface area contributed by atoms with Gasteiger partial charge in [-0.05, 0) is 60.9 Å². The molecule has 10 nitrogen and oxygen atoms in total. The molecule has 3 aromatic carbocycles. The van der Waals surface area contributed by atoms with Gasteiger partial charge < -0.3 is 10.0 Å². The molecule has 0 bridgehead atoms. The highest BCUT2D eigenvalue weighted by Gasteiger charge is 2.36. The first kappa shape index (κ1) is 34.5. The van der Waals surface area contributed by atoms with Gasteiger partial charge in [-0.25, -0.2) is 13.8 Å². The number of carbonyl (C=O) groups is 1. The predicted molar refractivity (Wildman–Crippen MR) is 184 cm³/mol. The van der Waals surface area contributed by atoms with Crippen LogP contribution in [0.1, 0.15) is 47.4 Å². The Morgan fingerprint density at radius 3 is 2.49 bits per heavy atom. The summed E-state index contributed by atoms with van der Waals surface area (Å²) in [6.07, 6.45) is 0.184. The zero-order valence-electron chi connectivity index (χ0n) is 26.9. The smallest absolute Gasteiger partial charge is 0.344 e. The summed E-state index contributed by atoms with van der Waals surface area (Å²) in [6, 6.07) is 9.39. The first-order chi connectivity index (χ1) is 24.3. The lowest BCUT2D eigenvalue weighted by atomic mass is 10.0. The summed E-state index contributed by atoms with van der Waals surface area (Å²) < 4.78 is 78.9.